The van der Waals surface area contributed by atoms with Crippen LogP contribution >= 0.6 is 0 Å². The van der Waals surface area contributed by atoms with Crippen molar-refractivity contribution < 1.29 is 9.59 Å². The molecule has 0 saturated carbocycles. The maximum Gasteiger partial charge on any atom is 0.271 e. The Morgan fingerprint density at radius 2 is 1.66 bits per heavy atom. The van der Waals surface area contributed by atoms with Gasteiger partial charge in [-0.2, -0.15) is 0 Å². The van der Waals surface area contributed by atoms with Crippen LogP contribution in [0.15, 0.2) is 41.2 Å². The van der Waals surface area contributed by atoms with Crippen molar-refractivity contribution >= 4 is 11.8 Å². The molecular weight excluding hydrogens is 406 g/mol. The number of carbonyl (C=O) groups excluding carboxylic acids is 2. The highest BCUT2D eigenvalue weighted by Crippen LogP contribution is 2.20. The van der Waals surface area contributed by atoms with E-state index in [0.29, 0.717) is 43.5 Å². The Kier molecular flexibility index (Phi) is 7.42. The van der Waals surface area contributed by atoms with Gasteiger partial charge in [-0.05, 0) is 50.8 Å². The summed E-state index contributed by atoms with van der Waals surface area (Å²) in [7, 11) is 0. The van der Waals surface area contributed by atoms with E-state index in [1.807, 2.05) is 35.2 Å². The largest absolute Gasteiger partial charge is 0.356 e. The molecule has 1 aromatic heterocycles. The normalized spacial score (nSPS) is 21.6. The summed E-state index contributed by atoms with van der Waals surface area (Å²) in [6, 6.07) is 10.9. The van der Waals surface area contributed by atoms with Crippen molar-refractivity contribution in [2.24, 2.45) is 0 Å². The summed E-state index contributed by atoms with van der Waals surface area (Å²) in [4.78, 5) is 42.3. The van der Waals surface area contributed by atoms with E-state index < -0.39 is 0 Å². The fourth-order valence-electron chi connectivity index (χ4n) is 4.75. The molecule has 2 fully saturated rings. The molecule has 1 atom stereocenters. The first kappa shape index (κ1) is 22.3. The summed E-state index contributed by atoms with van der Waals surface area (Å²) in [5.41, 5.74) is 0.768. The maximum atomic E-state index is 13.3. The number of para-hydroxylation sites is 1. The minimum Gasteiger partial charge on any atom is -0.356 e. The van der Waals surface area contributed by atoms with Gasteiger partial charge in [0, 0.05) is 44.7 Å². The van der Waals surface area contributed by atoms with Gasteiger partial charge in [-0.3, -0.25) is 24.4 Å². The number of piperidine rings is 1. The van der Waals surface area contributed by atoms with E-state index in [0.717, 1.165) is 45.2 Å². The molecule has 2 amide bonds. The van der Waals surface area contributed by atoms with Crippen LogP contribution < -0.4 is 10.9 Å². The zero-order chi connectivity index (χ0) is 22.3. The molecule has 2 saturated heterocycles. The standard InChI is InChI=1S/C24H33N5O3/c30-22-17-20-11-4-6-13-27(20)15-8-16-28(14-7-5-12-25-22)24(32)21-18-23(31)29(26-21)19-9-2-1-3-10-19/h1-3,9-10,18,20,26H,4-8,11-17H2,(H,25,30). The van der Waals surface area contributed by atoms with Crippen LogP contribution in [0, 0.1) is 0 Å². The number of fused-ring (bicyclic) bond motifs is 1. The molecule has 0 radical (unpaired) electrons. The Labute approximate surface area is 188 Å². The van der Waals surface area contributed by atoms with Crippen molar-refractivity contribution in [3.05, 3.63) is 52.4 Å². The van der Waals surface area contributed by atoms with Crippen LogP contribution in [-0.4, -0.2) is 70.2 Å². The molecule has 8 nitrogen and oxygen atoms in total. The molecule has 2 aromatic rings. The third-order valence-electron chi connectivity index (χ3n) is 6.47. The van der Waals surface area contributed by atoms with E-state index >= 15 is 0 Å². The van der Waals surface area contributed by atoms with Gasteiger partial charge in [-0.15, -0.1) is 0 Å². The third kappa shape index (κ3) is 5.48. The van der Waals surface area contributed by atoms with Gasteiger partial charge < -0.3 is 10.2 Å². The van der Waals surface area contributed by atoms with Crippen LogP contribution in [0.5, 0.6) is 0 Å². The van der Waals surface area contributed by atoms with E-state index in [1.54, 1.807) is 0 Å². The SMILES string of the molecule is O=C1CC2CCCCN2CCCN(C(=O)c2cc(=O)n(-c3ccccc3)[nH]2)CCCCN1. The lowest BCUT2D eigenvalue weighted by molar-refractivity contribution is -0.122. The molecule has 172 valence electrons. The first-order chi connectivity index (χ1) is 15.6. The maximum absolute atomic E-state index is 13.3. The lowest BCUT2D eigenvalue weighted by atomic mass is 9.98. The molecule has 1 unspecified atom stereocenters. The van der Waals surface area contributed by atoms with Gasteiger partial charge in [-0.25, -0.2) is 4.68 Å². The second kappa shape index (κ2) is 10.6. The highest BCUT2D eigenvalue weighted by atomic mass is 16.2. The molecular formula is C24H33N5O3. The average molecular weight is 440 g/mol. The van der Waals surface area contributed by atoms with E-state index in [9.17, 15) is 14.4 Å². The van der Waals surface area contributed by atoms with Crippen LogP contribution in [0.25, 0.3) is 5.69 Å². The number of amides is 2. The molecule has 0 bridgehead atoms. The summed E-state index contributed by atoms with van der Waals surface area (Å²) in [6.45, 7) is 3.77. The zero-order valence-corrected chi connectivity index (χ0v) is 18.6. The lowest BCUT2D eigenvalue weighted by Gasteiger charge is -2.35. The predicted octanol–water partition coefficient (Wildman–Crippen LogP) is 2.15. The van der Waals surface area contributed by atoms with Gasteiger partial charge in [0.15, 0.2) is 0 Å². The van der Waals surface area contributed by atoms with Crippen molar-refractivity contribution in [3.8, 4) is 5.69 Å². The number of hydrogen-bond acceptors (Lipinski definition) is 4. The van der Waals surface area contributed by atoms with Crippen LogP contribution in [0.4, 0.5) is 0 Å². The Bertz CT molecular complexity index is 968. The number of nitrogens with zero attached hydrogens (tertiary/aromatic N) is 3. The highest BCUT2D eigenvalue weighted by molar-refractivity contribution is 5.92. The molecule has 32 heavy (non-hydrogen) atoms. The van der Waals surface area contributed by atoms with E-state index in [1.165, 1.54) is 17.2 Å². The number of carbonyl (C=O) groups is 2. The summed E-state index contributed by atoms with van der Waals surface area (Å²) >= 11 is 0. The number of rotatable bonds is 2. The molecule has 0 spiro atoms. The molecule has 1 aromatic carbocycles. The van der Waals surface area contributed by atoms with E-state index in [4.69, 9.17) is 0 Å². The van der Waals surface area contributed by atoms with E-state index in [2.05, 4.69) is 15.3 Å². The van der Waals surface area contributed by atoms with Crippen molar-refractivity contribution in [1.29, 1.82) is 0 Å². The minimum absolute atomic E-state index is 0.133. The molecule has 8 heteroatoms. The summed E-state index contributed by atoms with van der Waals surface area (Å²) < 4.78 is 1.40. The Hall–Kier alpha value is -2.87. The van der Waals surface area contributed by atoms with Gasteiger partial charge in [0.1, 0.15) is 5.69 Å². The first-order valence-electron chi connectivity index (χ1n) is 11.8. The minimum atomic E-state index is -0.246. The number of hydrogen-bond donors (Lipinski definition) is 2. The lowest BCUT2D eigenvalue weighted by Crippen LogP contribution is -2.44. The van der Waals surface area contributed by atoms with Crippen molar-refractivity contribution in [2.45, 2.75) is 51.0 Å². The van der Waals surface area contributed by atoms with Crippen molar-refractivity contribution in [2.75, 3.05) is 32.7 Å². The van der Waals surface area contributed by atoms with Crippen LogP contribution in [0.3, 0.4) is 0 Å². The zero-order valence-electron chi connectivity index (χ0n) is 18.6. The molecule has 2 aliphatic heterocycles. The molecule has 0 aliphatic carbocycles. The van der Waals surface area contributed by atoms with Gasteiger partial charge in [0.25, 0.3) is 11.5 Å². The van der Waals surface area contributed by atoms with Crippen molar-refractivity contribution in [3.63, 3.8) is 0 Å². The molecule has 2 N–H and O–H groups in total. The number of aromatic amines is 1. The summed E-state index contributed by atoms with van der Waals surface area (Å²) in [5.74, 6) is -0.0141. The quantitative estimate of drug-likeness (QED) is 0.750. The molecule has 4 rings (SSSR count). The number of nitrogens with one attached hydrogen (secondary N) is 2. The average Bonchev–Trinajstić information content (AvgIpc) is 3.20. The predicted molar refractivity (Wildman–Crippen MR) is 123 cm³/mol. The van der Waals surface area contributed by atoms with Gasteiger partial charge in [0.2, 0.25) is 5.91 Å². The van der Waals surface area contributed by atoms with Gasteiger partial charge in [0.05, 0.1) is 5.69 Å². The number of benzene rings is 1. The first-order valence-corrected chi connectivity index (χ1v) is 11.8. The van der Waals surface area contributed by atoms with Crippen LogP contribution in [-0.2, 0) is 4.79 Å². The Morgan fingerprint density at radius 1 is 0.906 bits per heavy atom. The van der Waals surface area contributed by atoms with E-state index in [-0.39, 0.29) is 17.4 Å². The number of H-pyrrole nitrogens is 1. The highest BCUT2D eigenvalue weighted by Gasteiger charge is 2.25. The third-order valence-corrected chi connectivity index (χ3v) is 6.47. The Balaban J connectivity index is 1.47. The second-order valence-corrected chi connectivity index (χ2v) is 8.77. The fourth-order valence-corrected chi connectivity index (χ4v) is 4.75. The van der Waals surface area contributed by atoms with Gasteiger partial charge in [-0.1, -0.05) is 24.6 Å². The fraction of sp³-hybridized carbons (Fsp3) is 0.542. The molecule has 3 heterocycles. The Morgan fingerprint density at radius 3 is 2.50 bits per heavy atom. The topological polar surface area (TPSA) is 90.4 Å². The van der Waals surface area contributed by atoms with Crippen LogP contribution in [0.1, 0.15) is 55.4 Å². The summed E-state index contributed by atoms with van der Waals surface area (Å²) in [6.07, 6.45) is 6.45. The molecule has 2 aliphatic rings. The monoisotopic (exact) mass is 439 g/mol. The smallest absolute Gasteiger partial charge is 0.271 e. The summed E-state index contributed by atoms with van der Waals surface area (Å²) in [5, 5.41) is 6.03. The second-order valence-electron chi connectivity index (χ2n) is 8.77. The van der Waals surface area contributed by atoms with Gasteiger partial charge >= 0.3 is 0 Å². The number of aromatic nitrogens is 2. The van der Waals surface area contributed by atoms with Crippen molar-refractivity contribution in [1.82, 2.24) is 24.9 Å². The van der Waals surface area contributed by atoms with Crippen LogP contribution in [0.2, 0.25) is 0 Å².